The zero-order valence-electron chi connectivity index (χ0n) is 13.2. The molecule has 0 bridgehead atoms. The molecule has 24 heavy (non-hydrogen) atoms. The molecule has 0 amide bonds. The smallest absolute Gasteiger partial charge is 0.357 e. The number of esters is 1. The Hall–Kier alpha value is -0.870. The summed E-state index contributed by atoms with van der Waals surface area (Å²) < 4.78 is 59.6. The van der Waals surface area contributed by atoms with Gasteiger partial charge in [0.2, 0.25) is 12.3 Å². The molecular formula is C15H17F4IN2O2. The topological polar surface area (TPSA) is 44.1 Å². The van der Waals surface area contributed by atoms with Crippen molar-refractivity contribution in [1.82, 2.24) is 9.78 Å². The van der Waals surface area contributed by atoms with E-state index in [0.29, 0.717) is 16.4 Å². The minimum atomic E-state index is -2.72. The largest absolute Gasteiger partial charge is 0.464 e. The van der Waals surface area contributed by atoms with Crippen LogP contribution in [0.4, 0.5) is 17.6 Å². The Morgan fingerprint density at radius 2 is 1.96 bits per heavy atom. The fourth-order valence-corrected chi connectivity index (χ4v) is 4.67. The van der Waals surface area contributed by atoms with Crippen LogP contribution in [0.1, 0.15) is 48.8 Å². The summed E-state index contributed by atoms with van der Waals surface area (Å²) in [6.07, 6.45) is -2.61. The van der Waals surface area contributed by atoms with E-state index >= 15 is 0 Å². The second-order valence-electron chi connectivity index (χ2n) is 7.14. The first kappa shape index (κ1) is 17.9. The molecule has 2 aliphatic carbocycles. The standard InChI is InChI=1S/C15H17F4IN2O2/c1-13(5-15(18,19)6-13)7-22-9(11(23)24-2)8(20)10(21-22)14(3-4-14)12(16)17/h12H,3-7H2,1-2H3. The van der Waals surface area contributed by atoms with E-state index in [4.69, 9.17) is 4.74 Å². The van der Waals surface area contributed by atoms with Gasteiger partial charge < -0.3 is 4.74 Å². The van der Waals surface area contributed by atoms with Crippen LogP contribution in [0.3, 0.4) is 0 Å². The lowest BCUT2D eigenvalue weighted by atomic mass is 9.67. The number of aromatic nitrogens is 2. The second-order valence-corrected chi connectivity index (χ2v) is 8.22. The third-order valence-electron chi connectivity index (χ3n) is 4.85. The monoisotopic (exact) mass is 460 g/mol. The van der Waals surface area contributed by atoms with E-state index in [0.717, 1.165) is 0 Å². The third-order valence-corrected chi connectivity index (χ3v) is 5.88. The second kappa shape index (κ2) is 5.57. The highest BCUT2D eigenvalue weighted by Crippen LogP contribution is 2.55. The highest BCUT2D eigenvalue weighted by Gasteiger charge is 2.57. The lowest BCUT2D eigenvalue weighted by Gasteiger charge is -2.44. The Morgan fingerprint density at radius 1 is 1.38 bits per heavy atom. The van der Waals surface area contributed by atoms with Crippen molar-refractivity contribution in [3.8, 4) is 0 Å². The molecule has 0 atom stereocenters. The normalized spacial score (nSPS) is 23.0. The summed E-state index contributed by atoms with van der Waals surface area (Å²) in [5.74, 6) is -3.41. The molecule has 0 spiro atoms. The number of ether oxygens (including phenoxy) is 1. The van der Waals surface area contributed by atoms with Crippen molar-refractivity contribution >= 4 is 28.6 Å². The van der Waals surface area contributed by atoms with Crippen LogP contribution in [0.2, 0.25) is 0 Å². The van der Waals surface area contributed by atoms with Gasteiger partial charge in [-0.15, -0.1) is 0 Å². The summed E-state index contributed by atoms with van der Waals surface area (Å²) in [5.41, 5.74) is -1.81. The first-order valence-electron chi connectivity index (χ1n) is 7.55. The molecule has 2 aliphatic rings. The maximum absolute atomic E-state index is 13.4. The molecule has 3 rings (SSSR count). The van der Waals surface area contributed by atoms with Gasteiger partial charge in [-0.3, -0.25) is 4.68 Å². The van der Waals surface area contributed by atoms with Gasteiger partial charge in [0.1, 0.15) is 0 Å². The number of nitrogens with zero attached hydrogens (tertiary/aromatic N) is 2. The van der Waals surface area contributed by atoms with Crippen molar-refractivity contribution in [3.05, 3.63) is 15.0 Å². The van der Waals surface area contributed by atoms with Gasteiger partial charge in [-0.2, -0.15) is 5.10 Å². The predicted octanol–water partition coefficient (Wildman–Crippen LogP) is 4.01. The Bertz CT molecular complexity index is 677. The Kier molecular flexibility index (Phi) is 4.16. The SMILES string of the molecule is COC(=O)c1c(I)c(C2(C(F)F)CC2)nn1CC1(C)CC(F)(F)C1. The molecule has 1 heterocycles. The molecule has 0 radical (unpaired) electrons. The molecule has 2 saturated carbocycles. The molecule has 134 valence electrons. The average Bonchev–Trinajstić information content (AvgIpc) is 3.17. The van der Waals surface area contributed by atoms with Crippen LogP contribution >= 0.6 is 22.6 Å². The minimum Gasteiger partial charge on any atom is -0.464 e. The van der Waals surface area contributed by atoms with Gasteiger partial charge in [0.25, 0.3) is 0 Å². The van der Waals surface area contributed by atoms with Crippen molar-refractivity contribution in [1.29, 1.82) is 0 Å². The number of rotatable bonds is 5. The van der Waals surface area contributed by atoms with E-state index in [2.05, 4.69) is 5.10 Å². The fraction of sp³-hybridized carbons (Fsp3) is 0.733. The highest BCUT2D eigenvalue weighted by atomic mass is 127. The van der Waals surface area contributed by atoms with Gasteiger partial charge in [0, 0.05) is 19.4 Å². The van der Waals surface area contributed by atoms with Crippen LogP contribution < -0.4 is 0 Å². The van der Waals surface area contributed by atoms with Crippen molar-refractivity contribution in [2.45, 2.75) is 56.9 Å². The maximum Gasteiger partial charge on any atom is 0.357 e. The Balaban J connectivity index is 1.98. The van der Waals surface area contributed by atoms with Gasteiger partial charge in [-0.25, -0.2) is 22.4 Å². The van der Waals surface area contributed by atoms with E-state index in [9.17, 15) is 22.4 Å². The van der Waals surface area contributed by atoms with Gasteiger partial charge in [-0.1, -0.05) is 6.92 Å². The van der Waals surface area contributed by atoms with Crippen LogP contribution in [0, 0.1) is 8.99 Å². The molecule has 2 fully saturated rings. The number of alkyl halides is 4. The van der Waals surface area contributed by atoms with Crippen LogP contribution in [0.25, 0.3) is 0 Å². The average molecular weight is 460 g/mol. The maximum atomic E-state index is 13.4. The predicted molar refractivity (Wildman–Crippen MR) is 85.5 cm³/mol. The molecule has 0 unspecified atom stereocenters. The number of hydrogen-bond donors (Lipinski definition) is 0. The van der Waals surface area contributed by atoms with Crippen molar-refractivity contribution in [2.24, 2.45) is 5.41 Å². The molecule has 0 aliphatic heterocycles. The number of hydrogen-bond acceptors (Lipinski definition) is 3. The number of methoxy groups -OCH3 is 1. The summed E-state index contributed by atoms with van der Waals surface area (Å²) in [6, 6.07) is 0. The van der Waals surface area contributed by atoms with Gasteiger partial charge in [-0.05, 0) is 40.8 Å². The Morgan fingerprint density at radius 3 is 2.38 bits per heavy atom. The lowest BCUT2D eigenvalue weighted by Crippen LogP contribution is -2.47. The van der Waals surface area contributed by atoms with Gasteiger partial charge in [0.15, 0.2) is 5.69 Å². The van der Waals surface area contributed by atoms with Crippen LogP contribution in [0.15, 0.2) is 0 Å². The number of carbonyl (C=O) groups excluding carboxylic acids is 1. The van der Waals surface area contributed by atoms with E-state index in [-0.39, 0.29) is 30.8 Å². The van der Waals surface area contributed by atoms with Crippen LogP contribution in [0.5, 0.6) is 0 Å². The fourth-order valence-electron chi connectivity index (χ4n) is 3.53. The quantitative estimate of drug-likeness (QED) is 0.379. The van der Waals surface area contributed by atoms with E-state index in [1.54, 1.807) is 6.92 Å². The van der Waals surface area contributed by atoms with Crippen LogP contribution in [-0.4, -0.2) is 35.2 Å². The molecular weight excluding hydrogens is 443 g/mol. The minimum absolute atomic E-state index is 0.0662. The van der Waals surface area contributed by atoms with Crippen LogP contribution in [-0.2, 0) is 16.7 Å². The van der Waals surface area contributed by atoms with Gasteiger partial charge in [0.05, 0.1) is 21.8 Å². The van der Waals surface area contributed by atoms with Crippen molar-refractivity contribution in [3.63, 3.8) is 0 Å². The third kappa shape index (κ3) is 2.82. The number of halogens is 5. The summed E-state index contributed by atoms with van der Waals surface area (Å²) in [4.78, 5) is 12.1. The molecule has 9 heteroatoms. The lowest BCUT2D eigenvalue weighted by molar-refractivity contribution is -0.160. The first-order chi connectivity index (χ1) is 11.0. The highest BCUT2D eigenvalue weighted by molar-refractivity contribution is 14.1. The molecule has 4 nitrogen and oxygen atoms in total. The number of carbonyl (C=O) groups is 1. The summed E-state index contributed by atoms with van der Waals surface area (Å²) in [7, 11) is 1.19. The van der Waals surface area contributed by atoms with Gasteiger partial charge >= 0.3 is 5.97 Å². The zero-order valence-corrected chi connectivity index (χ0v) is 15.4. The van der Waals surface area contributed by atoms with Crippen molar-refractivity contribution in [2.75, 3.05) is 7.11 Å². The Labute approximate surface area is 150 Å². The summed E-state index contributed by atoms with van der Waals surface area (Å²) >= 11 is 1.82. The molecule has 0 aromatic carbocycles. The molecule has 1 aromatic rings. The van der Waals surface area contributed by atoms with E-state index in [1.807, 2.05) is 22.6 Å². The molecule has 0 saturated heterocycles. The molecule has 0 N–H and O–H groups in total. The zero-order chi connectivity index (χ0) is 17.9. The summed E-state index contributed by atoms with van der Waals surface area (Å²) in [5, 5.41) is 4.23. The first-order valence-corrected chi connectivity index (χ1v) is 8.63. The molecule has 1 aromatic heterocycles. The van der Waals surface area contributed by atoms with E-state index < -0.39 is 29.1 Å². The summed E-state index contributed by atoms with van der Waals surface area (Å²) in [6.45, 7) is 1.75. The van der Waals surface area contributed by atoms with E-state index in [1.165, 1.54) is 11.8 Å². The van der Waals surface area contributed by atoms with Crippen molar-refractivity contribution < 1.29 is 27.1 Å².